The molecular formula is C17H23N5O4S. The number of nitrogens with zero attached hydrogens (tertiary/aromatic N) is 4. The first kappa shape index (κ1) is 19.3. The summed E-state index contributed by atoms with van der Waals surface area (Å²) in [5.74, 6) is 0.0948. The van der Waals surface area contributed by atoms with Crippen molar-refractivity contribution in [2.24, 2.45) is 7.05 Å². The highest BCUT2D eigenvalue weighted by atomic mass is 32.1. The zero-order chi connectivity index (χ0) is 19.6. The van der Waals surface area contributed by atoms with E-state index in [1.54, 1.807) is 10.3 Å². The van der Waals surface area contributed by atoms with Gasteiger partial charge in [-0.1, -0.05) is 6.92 Å². The molecule has 2 N–H and O–H groups in total. The van der Waals surface area contributed by atoms with Gasteiger partial charge in [-0.25, -0.2) is 9.78 Å². The molecule has 0 atom stereocenters. The molecule has 0 unspecified atom stereocenters. The maximum Gasteiger partial charge on any atom is 0.332 e. The van der Waals surface area contributed by atoms with Crippen molar-refractivity contribution in [3.8, 4) is 11.3 Å². The number of nitrogens with two attached hydrogens (primary N) is 1. The summed E-state index contributed by atoms with van der Waals surface area (Å²) in [5, 5.41) is 2.31. The first-order valence-electron chi connectivity index (χ1n) is 8.83. The Hall–Kier alpha value is -2.46. The number of morpholine rings is 1. The van der Waals surface area contributed by atoms with Crippen molar-refractivity contribution in [1.29, 1.82) is 0 Å². The molecule has 1 aliphatic rings. The molecule has 0 saturated carbocycles. The van der Waals surface area contributed by atoms with Gasteiger partial charge in [-0.15, -0.1) is 11.3 Å². The molecular weight excluding hydrogens is 370 g/mol. The van der Waals surface area contributed by atoms with Crippen LogP contribution in [0.2, 0.25) is 0 Å². The number of carbonyl (C=O) groups excluding carboxylic acids is 1. The fraction of sp³-hybridized carbons (Fsp3) is 0.529. The molecule has 0 radical (unpaired) electrons. The van der Waals surface area contributed by atoms with Gasteiger partial charge in [0.2, 0.25) is 5.91 Å². The summed E-state index contributed by atoms with van der Waals surface area (Å²) in [4.78, 5) is 43.4. The molecule has 2 aromatic heterocycles. The zero-order valence-electron chi connectivity index (χ0n) is 15.4. The minimum atomic E-state index is -0.485. The lowest BCUT2D eigenvalue weighted by Gasteiger charge is -2.26. The van der Waals surface area contributed by atoms with Crippen molar-refractivity contribution in [1.82, 2.24) is 19.0 Å². The maximum absolute atomic E-state index is 12.6. The van der Waals surface area contributed by atoms with Gasteiger partial charge in [-0.3, -0.25) is 18.7 Å². The molecule has 0 spiro atoms. The summed E-state index contributed by atoms with van der Waals surface area (Å²) in [6, 6.07) is 0. The third-order valence-electron chi connectivity index (χ3n) is 4.50. The topological polar surface area (TPSA) is 112 Å². The van der Waals surface area contributed by atoms with Crippen LogP contribution in [0.1, 0.15) is 18.4 Å². The molecule has 1 aliphatic heterocycles. The van der Waals surface area contributed by atoms with E-state index < -0.39 is 11.2 Å². The molecule has 1 fully saturated rings. The van der Waals surface area contributed by atoms with Crippen molar-refractivity contribution < 1.29 is 9.53 Å². The van der Waals surface area contributed by atoms with Gasteiger partial charge in [0.1, 0.15) is 16.4 Å². The van der Waals surface area contributed by atoms with E-state index in [9.17, 15) is 14.4 Å². The molecule has 0 aromatic carbocycles. The van der Waals surface area contributed by atoms with Crippen molar-refractivity contribution in [3.63, 3.8) is 0 Å². The van der Waals surface area contributed by atoms with Crippen LogP contribution in [0.15, 0.2) is 15.0 Å². The number of anilines is 1. The van der Waals surface area contributed by atoms with Crippen LogP contribution in [0.3, 0.4) is 0 Å². The Labute approximate surface area is 160 Å². The second kappa shape index (κ2) is 8.05. The number of aromatic nitrogens is 3. The maximum atomic E-state index is 12.6. The summed E-state index contributed by atoms with van der Waals surface area (Å²) in [6.07, 6.45) is 0.873. The second-order valence-electron chi connectivity index (χ2n) is 6.36. The molecule has 0 bridgehead atoms. The van der Waals surface area contributed by atoms with Crippen LogP contribution >= 0.6 is 11.3 Å². The number of amides is 1. The van der Waals surface area contributed by atoms with E-state index >= 15 is 0 Å². The first-order valence-corrected chi connectivity index (χ1v) is 9.71. The van der Waals surface area contributed by atoms with Crippen molar-refractivity contribution in [2.45, 2.75) is 26.3 Å². The number of hydrogen-bond donors (Lipinski definition) is 1. The van der Waals surface area contributed by atoms with Gasteiger partial charge < -0.3 is 15.4 Å². The minimum absolute atomic E-state index is 0.0176. The Bertz CT molecular complexity index is 955. The number of nitrogen functional groups attached to an aromatic ring is 1. The summed E-state index contributed by atoms with van der Waals surface area (Å²) < 4.78 is 7.68. The zero-order valence-corrected chi connectivity index (χ0v) is 16.3. The van der Waals surface area contributed by atoms with Crippen molar-refractivity contribution in [3.05, 3.63) is 31.2 Å². The van der Waals surface area contributed by atoms with E-state index in [0.29, 0.717) is 50.0 Å². The van der Waals surface area contributed by atoms with Crippen LogP contribution < -0.4 is 17.0 Å². The van der Waals surface area contributed by atoms with Gasteiger partial charge in [-0.05, 0) is 6.42 Å². The van der Waals surface area contributed by atoms with Crippen LogP contribution in [0.4, 0.5) is 5.82 Å². The largest absolute Gasteiger partial charge is 0.384 e. The Morgan fingerprint density at radius 1 is 1.33 bits per heavy atom. The SMILES string of the molecule is CCCn1c(N)c(-c2csc(CC(=O)N3CCOCC3)n2)c(=O)n(C)c1=O. The molecule has 3 heterocycles. The van der Waals surface area contributed by atoms with Gasteiger partial charge >= 0.3 is 5.69 Å². The van der Waals surface area contributed by atoms with Crippen LogP contribution in [0, 0.1) is 0 Å². The highest BCUT2D eigenvalue weighted by molar-refractivity contribution is 7.10. The fourth-order valence-corrected chi connectivity index (χ4v) is 3.80. The van der Waals surface area contributed by atoms with Gasteiger partial charge in [-0.2, -0.15) is 0 Å². The summed E-state index contributed by atoms with van der Waals surface area (Å²) in [5.41, 5.74) is 5.79. The van der Waals surface area contributed by atoms with Crippen molar-refractivity contribution in [2.75, 3.05) is 32.0 Å². The Balaban J connectivity index is 1.91. The monoisotopic (exact) mass is 393 g/mol. The van der Waals surface area contributed by atoms with E-state index in [1.807, 2.05) is 6.92 Å². The average molecular weight is 393 g/mol. The highest BCUT2D eigenvalue weighted by Crippen LogP contribution is 2.24. The molecule has 3 rings (SSSR count). The number of ether oxygens (including phenoxy) is 1. The van der Waals surface area contributed by atoms with Crippen LogP contribution in [0.5, 0.6) is 0 Å². The summed E-state index contributed by atoms with van der Waals surface area (Å²) >= 11 is 1.30. The number of carbonyl (C=O) groups is 1. The number of thiazole rings is 1. The second-order valence-corrected chi connectivity index (χ2v) is 7.30. The molecule has 2 aromatic rings. The smallest absolute Gasteiger partial charge is 0.332 e. The summed E-state index contributed by atoms with van der Waals surface area (Å²) in [7, 11) is 1.43. The summed E-state index contributed by atoms with van der Waals surface area (Å²) in [6.45, 7) is 4.58. The lowest BCUT2D eigenvalue weighted by atomic mass is 10.2. The molecule has 27 heavy (non-hydrogen) atoms. The molecule has 1 amide bonds. The Morgan fingerprint density at radius 3 is 2.70 bits per heavy atom. The molecule has 9 nitrogen and oxygen atoms in total. The standard InChI is InChI=1S/C17H23N5O4S/c1-3-4-22-15(18)14(16(24)20(2)17(22)25)11-10-27-12(19-11)9-13(23)21-5-7-26-8-6-21/h10H,3-9,18H2,1-2H3. The van der Waals surface area contributed by atoms with Crippen LogP contribution in [0.25, 0.3) is 11.3 Å². The van der Waals surface area contributed by atoms with E-state index in [2.05, 4.69) is 4.98 Å². The van der Waals surface area contributed by atoms with Gasteiger partial charge in [0.25, 0.3) is 5.56 Å². The fourth-order valence-electron chi connectivity index (χ4n) is 3.02. The quantitative estimate of drug-likeness (QED) is 0.769. The Morgan fingerprint density at radius 2 is 2.04 bits per heavy atom. The molecule has 1 saturated heterocycles. The number of rotatable bonds is 5. The predicted octanol–water partition coefficient (Wildman–Crippen LogP) is 0.0640. The lowest BCUT2D eigenvalue weighted by Crippen LogP contribution is -2.41. The lowest BCUT2D eigenvalue weighted by molar-refractivity contribution is -0.134. The van der Waals surface area contributed by atoms with Crippen molar-refractivity contribution >= 4 is 23.1 Å². The molecule has 10 heteroatoms. The third-order valence-corrected chi connectivity index (χ3v) is 5.35. The first-order chi connectivity index (χ1) is 12.9. The van der Waals surface area contributed by atoms with E-state index in [4.69, 9.17) is 10.5 Å². The van der Waals surface area contributed by atoms with E-state index in [1.165, 1.54) is 23.0 Å². The molecule has 0 aliphatic carbocycles. The van der Waals surface area contributed by atoms with Gasteiger partial charge in [0.05, 0.1) is 25.3 Å². The third kappa shape index (κ3) is 3.81. The highest BCUT2D eigenvalue weighted by Gasteiger charge is 2.21. The van der Waals surface area contributed by atoms with E-state index in [-0.39, 0.29) is 23.7 Å². The van der Waals surface area contributed by atoms with Crippen LogP contribution in [-0.2, 0) is 29.5 Å². The van der Waals surface area contributed by atoms with Gasteiger partial charge in [0.15, 0.2) is 0 Å². The van der Waals surface area contributed by atoms with Gasteiger partial charge in [0, 0.05) is 32.1 Å². The predicted molar refractivity (Wildman–Crippen MR) is 103 cm³/mol. The number of hydrogen-bond acceptors (Lipinski definition) is 7. The average Bonchev–Trinajstić information content (AvgIpc) is 3.12. The Kier molecular flexibility index (Phi) is 5.76. The van der Waals surface area contributed by atoms with E-state index in [0.717, 1.165) is 4.57 Å². The minimum Gasteiger partial charge on any atom is -0.384 e. The normalized spacial score (nSPS) is 14.5. The van der Waals surface area contributed by atoms with Crippen LogP contribution in [-0.4, -0.2) is 51.2 Å². The molecule has 146 valence electrons.